The number of alkyl halides is 2. The Hall–Kier alpha value is -2.09. The van der Waals surface area contributed by atoms with Crippen molar-refractivity contribution in [3.63, 3.8) is 0 Å². The fourth-order valence-electron chi connectivity index (χ4n) is 1.37. The Balaban J connectivity index is 1.84. The van der Waals surface area contributed by atoms with Gasteiger partial charge < -0.3 is 9.40 Å². The first kappa shape index (κ1) is 14.3. The minimum Gasteiger partial charge on any atom is -0.459 e. The van der Waals surface area contributed by atoms with E-state index in [9.17, 15) is 13.6 Å². The molecule has 106 valence electrons. The van der Waals surface area contributed by atoms with E-state index in [-0.39, 0.29) is 11.7 Å². The van der Waals surface area contributed by atoms with E-state index in [1.807, 2.05) is 0 Å². The summed E-state index contributed by atoms with van der Waals surface area (Å²) in [6.07, 6.45) is 2.93. The largest absolute Gasteiger partial charge is 0.459 e. The number of carbonyl (C=O) groups is 1. The molecule has 0 atom stereocenters. The molecule has 0 unspecified atom stereocenters. The van der Waals surface area contributed by atoms with Gasteiger partial charge in [-0.25, -0.2) is 5.43 Å². The Morgan fingerprint density at radius 3 is 3.05 bits per heavy atom. The molecular weight excluding hydrogens is 288 g/mol. The molecule has 0 aliphatic carbocycles. The van der Waals surface area contributed by atoms with E-state index in [4.69, 9.17) is 4.42 Å². The predicted octanol–water partition coefficient (Wildman–Crippen LogP) is 2.83. The molecule has 0 aromatic carbocycles. The van der Waals surface area contributed by atoms with Crippen molar-refractivity contribution >= 4 is 23.9 Å². The van der Waals surface area contributed by atoms with Gasteiger partial charge in [-0.2, -0.15) is 13.9 Å². The van der Waals surface area contributed by atoms with Gasteiger partial charge in [-0.15, -0.1) is 0 Å². The highest BCUT2D eigenvalue weighted by atomic mass is 32.2. The lowest BCUT2D eigenvalue weighted by Gasteiger charge is -1.96. The van der Waals surface area contributed by atoms with Crippen molar-refractivity contribution < 1.29 is 18.0 Å². The van der Waals surface area contributed by atoms with Crippen LogP contribution in [-0.2, 0) is 5.75 Å². The first-order valence-corrected chi connectivity index (χ1v) is 6.65. The van der Waals surface area contributed by atoms with Crippen molar-refractivity contribution in [2.24, 2.45) is 5.10 Å². The Labute approximate surface area is 117 Å². The number of hydrogen-bond acceptors (Lipinski definition) is 4. The third kappa shape index (κ3) is 4.23. The quantitative estimate of drug-likeness (QED) is 0.636. The van der Waals surface area contributed by atoms with Gasteiger partial charge in [0.25, 0.3) is 11.7 Å². The molecule has 2 aromatic rings. The first-order valence-electron chi connectivity index (χ1n) is 5.60. The second-order valence-electron chi connectivity index (χ2n) is 3.66. The third-order valence-electron chi connectivity index (χ3n) is 2.23. The molecule has 20 heavy (non-hydrogen) atoms. The van der Waals surface area contributed by atoms with Crippen molar-refractivity contribution in [2.75, 3.05) is 0 Å². The van der Waals surface area contributed by atoms with E-state index in [1.165, 1.54) is 6.21 Å². The lowest BCUT2D eigenvalue weighted by atomic mass is 10.4. The van der Waals surface area contributed by atoms with Crippen molar-refractivity contribution in [2.45, 2.75) is 11.5 Å². The number of nitrogens with zero attached hydrogens (tertiary/aromatic N) is 1. The number of rotatable bonds is 6. The molecule has 2 rings (SSSR count). The zero-order valence-corrected chi connectivity index (χ0v) is 11.0. The van der Waals surface area contributed by atoms with Gasteiger partial charge in [0.1, 0.15) is 17.2 Å². The Kier molecular flexibility index (Phi) is 4.94. The van der Waals surface area contributed by atoms with E-state index in [0.717, 1.165) is 0 Å². The molecule has 0 aliphatic rings. The van der Waals surface area contributed by atoms with Gasteiger partial charge in [-0.1, -0.05) is 11.8 Å². The summed E-state index contributed by atoms with van der Waals surface area (Å²) in [5.41, 5.74) is 2.69. The standard InChI is InChI=1S/C12H11F2N3O2S/c13-12(14)20-7-9-4-3-8(19-9)6-16-17-11(18)10-2-1-5-15-10/h1-6,12,15H,7H2,(H,17,18)/b16-6-. The molecule has 1 amide bonds. The Bertz CT molecular complexity index is 581. The minimum atomic E-state index is -2.43. The van der Waals surface area contributed by atoms with Crippen LogP contribution in [0.15, 0.2) is 40.0 Å². The SMILES string of the molecule is O=C(N/N=C\c1ccc(CSC(F)F)o1)c1ccc[nH]1. The monoisotopic (exact) mass is 299 g/mol. The number of aromatic nitrogens is 1. The molecule has 0 saturated heterocycles. The number of carbonyl (C=O) groups excluding carboxylic acids is 1. The number of H-pyrrole nitrogens is 1. The van der Waals surface area contributed by atoms with Crippen LogP contribution in [0.1, 0.15) is 22.0 Å². The molecule has 0 spiro atoms. The lowest BCUT2D eigenvalue weighted by molar-refractivity contribution is 0.0950. The molecule has 0 bridgehead atoms. The van der Waals surface area contributed by atoms with Crippen LogP contribution >= 0.6 is 11.8 Å². The number of hydrazone groups is 1. The van der Waals surface area contributed by atoms with Crippen LogP contribution in [0.25, 0.3) is 0 Å². The van der Waals surface area contributed by atoms with E-state index >= 15 is 0 Å². The van der Waals surface area contributed by atoms with Crippen molar-refractivity contribution in [3.05, 3.63) is 47.7 Å². The zero-order chi connectivity index (χ0) is 14.4. The van der Waals surface area contributed by atoms with Gasteiger partial charge in [0.15, 0.2) is 0 Å². The molecule has 0 saturated carbocycles. The number of halogens is 2. The van der Waals surface area contributed by atoms with Gasteiger partial charge >= 0.3 is 0 Å². The third-order valence-corrected chi connectivity index (χ3v) is 2.94. The summed E-state index contributed by atoms with van der Waals surface area (Å²) in [4.78, 5) is 14.2. The van der Waals surface area contributed by atoms with Crippen LogP contribution in [0.5, 0.6) is 0 Å². The highest BCUT2D eigenvalue weighted by Crippen LogP contribution is 2.20. The van der Waals surface area contributed by atoms with Crippen LogP contribution in [0.2, 0.25) is 0 Å². The summed E-state index contributed by atoms with van der Waals surface area (Å²) in [6.45, 7) is 0. The number of thioether (sulfide) groups is 1. The number of nitrogens with one attached hydrogen (secondary N) is 2. The van der Waals surface area contributed by atoms with Gasteiger partial charge in [-0.3, -0.25) is 4.79 Å². The zero-order valence-electron chi connectivity index (χ0n) is 10.2. The summed E-state index contributed by atoms with van der Waals surface area (Å²) in [5, 5.41) is 3.71. The molecule has 2 aromatic heterocycles. The topological polar surface area (TPSA) is 70.4 Å². The Morgan fingerprint density at radius 2 is 2.35 bits per heavy atom. The molecule has 5 nitrogen and oxygen atoms in total. The fraction of sp³-hybridized carbons (Fsp3) is 0.167. The number of furan rings is 1. The van der Waals surface area contributed by atoms with Crippen molar-refractivity contribution in [1.82, 2.24) is 10.4 Å². The first-order chi connectivity index (χ1) is 9.65. The maximum absolute atomic E-state index is 12.0. The minimum absolute atomic E-state index is 0.0837. The molecular formula is C12H11F2N3O2S. The highest BCUT2D eigenvalue weighted by molar-refractivity contribution is 7.98. The highest BCUT2D eigenvalue weighted by Gasteiger charge is 2.07. The van der Waals surface area contributed by atoms with E-state index in [1.54, 1.807) is 30.5 Å². The van der Waals surface area contributed by atoms with Crippen LogP contribution in [-0.4, -0.2) is 22.9 Å². The summed E-state index contributed by atoms with van der Waals surface area (Å²) in [6, 6.07) is 6.48. The van der Waals surface area contributed by atoms with E-state index in [2.05, 4.69) is 15.5 Å². The number of hydrogen-bond donors (Lipinski definition) is 2. The van der Waals surface area contributed by atoms with E-state index < -0.39 is 5.76 Å². The summed E-state index contributed by atoms with van der Waals surface area (Å²) >= 11 is 0.479. The Morgan fingerprint density at radius 1 is 1.50 bits per heavy atom. The maximum Gasteiger partial charge on any atom is 0.287 e. The molecule has 0 radical (unpaired) electrons. The van der Waals surface area contributed by atoms with Gasteiger partial charge in [-0.05, 0) is 24.3 Å². The van der Waals surface area contributed by atoms with Crippen LogP contribution in [0.3, 0.4) is 0 Å². The van der Waals surface area contributed by atoms with Gasteiger partial charge in [0.2, 0.25) is 0 Å². The number of amides is 1. The van der Waals surface area contributed by atoms with E-state index in [0.29, 0.717) is 29.0 Å². The van der Waals surface area contributed by atoms with Gasteiger partial charge in [0, 0.05) is 6.20 Å². The second kappa shape index (κ2) is 6.90. The second-order valence-corrected chi connectivity index (χ2v) is 4.64. The maximum atomic E-state index is 12.0. The molecule has 8 heteroatoms. The number of aromatic amines is 1. The fourth-order valence-corrected chi connectivity index (χ4v) is 1.82. The van der Waals surface area contributed by atoms with Gasteiger partial charge in [0.05, 0.1) is 12.0 Å². The normalized spacial score (nSPS) is 11.3. The average Bonchev–Trinajstić information content (AvgIpc) is 3.08. The predicted molar refractivity (Wildman–Crippen MR) is 71.9 cm³/mol. The molecule has 2 N–H and O–H groups in total. The van der Waals surface area contributed by atoms with Crippen LogP contribution < -0.4 is 5.43 Å². The molecule has 0 aliphatic heterocycles. The van der Waals surface area contributed by atoms with Crippen molar-refractivity contribution in [3.8, 4) is 0 Å². The van der Waals surface area contributed by atoms with Crippen LogP contribution in [0, 0.1) is 0 Å². The smallest absolute Gasteiger partial charge is 0.287 e. The summed E-state index contributed by atoms with van der Waals surface area (Å²) < 4.78 is 29.2. The average molecular weight is 299 g/mol. The van der Waals surface area contributed by atoms with Crippen LogP contribution in [0.4, 0.5) is 8.78 Å². The molecule has 2 heterocycles. The molecule has 0 fully saturated rings. The summed E-state index contributed by atoms with van der Waals surface area (Å²) in [5.74, 6) is -1.93. The summed E-state index contributed by atoms with van der Waals surface area (Å²) in [7, 11) is 0. The lowest BCUT2D eigenvalue weighted by Crippen LogP contribution is -2.17. The van der Waals surface area contributed by atoms with Crippen molar-refractivity contribution in [1.29, 1.82) is 0 Å².